The molecule has 5 nitrogen and oxygen atoms in total. The first-order valence-electron chi connectivity index (χ1n) is 5.45. The molecule has 0 saturated carbocycles. The first-order valence-corrected chi connectivity index (χ1v) is 6.33. The second kappa shape index (κ2) is 4.86. The van der Waals surface area contributed by atoms with Crippen molar-refractivity contribution in [1.29, 1.82) is 0 Å². The number of nitrogens with zero attached hydrogens (tertiary/aromatic N) is 4. The third kappa shape index (κ3) is 2.98. The number of hydrogen-bond acceptors (Lipinski definition) is 4. The lowest BCUT2D eigenvalue weighted by Gasteiger charge is -2.26. The second-order valence-electron chi connectivity index (χ2n) is 4.17. The molecule has 0 radical (unpaired) electrons. The first kappa shape index (κ1) is 11.4. The number of aromatic nitrogens is 3. The van der Waals surface area contributed by atoms with Crippen molar-refractivity contribution in [3.8, 4) is 0 Å². The number of rotatable bonds is 2. The molecule has 1 fully saturated rings. The van der Waals surface area contributed by atoms with E-state index in [4.69, 9.17) is 0 Å². The Morgan fingerprint density at radius 1 is 1.62 bits per heavy atom. The Morgan fingerprint density at radius 3 is 3.06 bits per heavy atom. The van der Waals surface area contributed by atoms with Crippen LogP contribution in [0.2, 0.25) is 0 Å². The zero-order chi connectivity index (χ0) is 11.5. The Labute approximate surface area is 99.7 Å². The zero-order valence-electron chi connectivity index (χ0n) is 9.84. The van der Waals surface area contributed by atoms with Crippen LogP contribution < -0.4 is 5.32 Å². The molecule has 0 amide bonds. The molecule has 1 aromatic rings. The van der Waals surface area contributed by atoms with E-state index in [1.165, 1.54) is 6.42 Å². The molecule has 2 atom stereocenters. The summed E-state index contributed by atoms with van der Waals surface area (Å²) in [7, 11) is 1.86. The van der Waals surface area contributed by atoms with E-state index in [2.05, 4.69) is 34.2 Å². The largest absolute Gasteiger partial charge is 0.362 e. The molecule has 0 spiro atoms. The number of hydrogen-bond donors (Lipinski definition) is 1. The number of amidine groups is 1. The molecule has 2 unspecified atom stereocenters. The van der Waals surface area contributed by atoms with Gasteiger partial charge in [-0.15, -0.1) is 0 Å². The maximum absolute atomic E-state index is 4.50. The molecular formula is C10H17N5S. The summed E-state index contributed by atoms with van der Waals surface area (Å²) in [6.45, 7) is 4.97. The number of aliphatic imine (C=N–C) groups is 1. The average Bonchev–Trinajstić information content (AvgIpc) is 2.60. The standard InChI is InChI=1S/C10H17N5S/c1-7-4-8(2)16-10(13-7)11-5-9-12-6-15(3)14-9/h6-8H,4-5H2,1-3H3,(H,11,13). The van der Waals surface area contributed by atoms with Crippen LogP contribution in [0.15, 0.2) is 11.3 Å². The van der Waals surface area contributed by atoms with Gasteiger partial charge in [0.05, 0.1) is 0 Å². The van der Waals surface area contributed by atoms with Gasteiger partial charge in [0.25, 0.3) is 0 Å². The molecule has 1 aromatic heterocycles. The van der Waals surface area contributed by atoms with Crippen molar-refractivity contribution in [2.45, 2.75) is 38.1 Å². The molecule has 6 heteroatoms. The summed E-state index contributed by atoms with van der Waals surface area (Å²) in [5.74, 6) is 0.767. The van der Waals surface area contributed by atoms with Crippen LogP contribution in [0.1, 0.15) is 26.1 Å². The molecule has 2 rings (SSSR count). The van der Waals surface area contributed by atoms with Crippen molar-refractivity contribution >= 4 is 16.9 Å². The third-order valence-corrected chi connectivity index (χ3v) is 3.44. The minimum Gasteiger partial charge on any atom is -0.362 e. The number of nitrogens with one attached hydrogen (secondary N) is 1. The lowest BCUT2D eigenvalue weighted by molar-refractivity contribution is 0.597. The molecule has 0 aliphatic carbocycles. The smallest absolute Gasteiger partial charge is 0.172 e. The highest BCUT2D eigenvalue weighted by Crippen LogP contribution is 2.22. The molecule has 1 N–H and O–H groups in total. The normalized spacial score (nSPS) is 28.1. The molecule has 0 aromatic carbocycles. The van der Waals surface area contributed by atoms with Crippen LogP contribution in [0.3, 0.4) is 0 Å². The van der Waals surface area contributed by atoms with Crippen molar-refractivity contribution in [1.82, 2.24) is 20.1 Å². The summed E-state index contributed by atoms with van der Waals surface area (Å²) in [5, 5.41) is 9.21. The van der Waals surface area contributed by atoms with Crippen molar-refractivity contribution in [3.05, 3.63) is 12.2 Å². The summed E-state index contributed by atoms with van der Waals surface area (Å²) < 4.78 is 1.70. The fourth-order valence-corrected chi connectivity index (χ4v) is 2.90. The lowest BCUT2D eigenvalue weighted by Crippen LogP contribution is -2.38. The van der Waals surface area contributed by atoms with Crippen LogP contribution in [-0.2, 0) is 13.6 Å². The summed E-state index contributed by atoms with van der Waals surface area (Å²) in [6.07, 6.45) is 2.88. The predicted octanol–water partition coefficient (Wildman–Crippen LogP) is 1.17. The minimum atomic E-state index is 0.506. The van der Waals surface area contributed by atoms with E-state index in [9.17, 15) is 0 Å². The van der Waals surface area contributed by atoms with Gasteiger partial charge >= 0.3 is 0 Å². The average molecular weight is 239 g/mol. The van der Waals surface area contributed by atoms with Crippen LogP contribution in [0.5, 0.6) is 0 Å². The van der Waals surface area contributed by atoms with Gasteiger partial charge in [0, 0.05) is 18.3 Å². The van der Waals surface area contributed by atoms with E-state index in [0.717, 1.165) is 11.0 Å². The van der Waals surface area contributed by atoms with E-state index in [-0.39, 0.29) is 0 Å². The highest BCUT2D eigenvalue weighted by Gasteiger charge is 2.19. The van der Waals surface area contributed by atoms with Crippen LogP contribution in [-0.4, -0.2) is 31.2 Å². The van der Waals surface area contributed by atoms with Gasteiger partial charge in [-0.2, -0.15) is 5.10 Å². The Morgan fingerprint density at radius 2 is 2.44 bits per heavy atom. The number of aryl methyl sites for hydroxylation is 1. The molecule has 16 heavy (non-hydrogen) atoms. The molecule has 1 aliphatic heterocycles. The van der Waals surface area contributed by atoms with Gasteiger partial charge in [-0.3, -0.25) is 9.67 Å². The Bertz CT molecular complexity index is 374. The van der Waals surface area contributed by atoms with E-state index in [1.54, 1.807) is 22.8 Å². The van der Waals surface area contributed by atoms with Gasteiger partial charge < -0.3 is 5.32 Å². The van der Waals surface area contributed by atoms with E-state index < -0.39 is 0 Å². The van der Waals surface area contributed by atoms with Crippen LogP contribution in [0.25, 0.3) is 0 Å². The zero-order valence-corrected chi connectivity index (χ0v) is 10.7. The molecule has 1 aliphatic rings. The molecular weight excluding hydrogens is 222 g/mol. The van der Waals surface area contributed by atoms with Gasteiger partial charge in [0.2, 0.25) is 0 Å². The van der Waals surface area contributed by atoms with Crippen LogP contribution >= 0.6 is 11.8 Å². The minimum absolute atomic E-state index is 0.506. The Balaban J connectivity index is 1.96. The predicted molar refractivity (Wildman–Crippen MR) is 66.4 cm³/mol. The van der Waals surface area contributed by atoms with Crippen LogP contribution in [0.4, 0.5) is 0 Å². The maximum Gasteiger partial charge on any atom is 0.172 e. The SMILES string of the molecule is CC1CC(C)SC(=NCc2ncn(C)n2)N1. The van der Waals surface area contributed by atoms with Crippen molar-refractivity contribution in [3.63, 3.8) is 0 Å². The van der Waals surface area contributed by atoms with Crippen molar-refractivity contribution in [2.75, 3.05) is 0 Å². The lowest BCUT2D eigenvalue weighted by atomic mass is 10.2. The molecule has 88 valence electrons. The maximum atomic E-state index is 4.50. The summed E-state index contributed by atoms with van der Waals surface area (Å²) >= 11 is 1.79. The topological polar surface area (TPSA) is 55.1 Å². The van der Waals surface area contributed by atoms with Gasteiger partial charge in [-0.05, 0) is 13.3 Å². The molecule has 2 heterocycles. The van der Waals surface area contributed by atoms with E-state index in [0.29, 0.717) is 17.8 Å². The summed E-state index contributed by atoms with van der Waals surface area (Å²) in [6, 6.07) is 0.506. The fourth-order valence-electron chi connectivity index (χ4n) is 1.72. The Hall–Kier alpha value is -1.04. The number of thioether (sulfide) groups is 1. The first-order chi connectivity index (χ1) is 7.63. The van der Waals surface area contributed by atoms with Crippen molar-refractivity contribution < 1.29 is 0 Å². The third-order valence-electron chi connectivity index (χ3n) is 2.38. The monoisotopic (exact) mass is 239 g/mol. The van der Waals surface area contributed by atoms with Gasteiger partial charge in [0.15, 0.2) is 11.0 Å². The highest BCUT2D eigenvalue weighted by atomic mass is 32.2. The van der Waals surface area contributed by atoms with E-state index >= 15 is 0 Å². The Kier molecular flexibility index (Phi) is 3.48. The molecule has 0 bridgehead atoms. The van der Waals surface area contributed by atoms with Gasteiger partial charge in [0.1, 0.15) is 12.9 Å². The summed E-state index contributed by atoms with van der Waals surface area (Å²) in [5.41, 5.74) is 0. The second-order valence-corrected chi connectivity index (χ2v) is 5.59. The van der Waals surface area contributed by atoms with E-state index in [1.807, 2.05) is 7.05 Å². The quantitative estimate of drug-likeness (QED) is 0.842. The van der Waals surface area contributed by atoms with Crippen molar-refractivity contribution in [2.24, 2.45) is 12.0 Å². The highest BCUT2D eigenvalue weighted by molar-refractivity contribution is 8.14. The summed E-state index contributed by atoms with van der Waals surface area (Å²) in [4.78, 5) is 8.64. The van der Waals surface area contributed by atoms with Gasteiger partial charge in [-0.25, -0.2) is 4.98 Å². The van der Waals surface area contributed by atoms with Gasteiger partial charge in [-0.1, -0.05) is 18.7 Å². The van der Waals surface area contributed by atoms with Crippen LogP contribution in [0, 0.1) is 0 Å². The molecule has 1 saturated heterocycles. The fraction of sp³-hybridized carbons (Fsp3) is 0.700.